The molecule has 0 bridgehead atoms. The minimum absolute atomic E-state index is 0.00430. The Labute approximate surface area is 124 Å². The highest BCUT2D eigenvalue weighted by Crippen LogP contribution is 2.31. The van der Waals surface area contributed by atoms with Gasteiger partial charge in [-0.15, -0.1) is 0 Å². The third-order valence-corrected chi connectivity index (χ3v) is 4.02. The third kappa shape index (κ3) is 4.48. The monoisotopic (exact) mass is 290 g/mol. The van der Waals surface area contributed by atoms with Crippen LogP contribution in [0.2, 0.25) is 0 Å². The fourth-order valence-electron chi connectivity index (χ4n) is 3.09. The maximum Gasteiger partial charge on any atom is 0.305 e. The lowest BCUT2D eigenvalue weighted by Crippen LogP contribution is -2.51. The van der Waals surface area contributed by atoms with Crippen molar-refractivity contribution >= 4 is 17.6 Å². The summed E-state index contributed by atoms with van der Waals surface area (Å²) in [7, 11) is 0. The average molecular weight is 290 g/mol. The fourth-order valence-corrected chi connectivity index (χ4v) is 3.09. The number of anilines is 1. The van der Waals surface area contributed by atoms with Gasteiger partial charge in [0.05, 0.1) is 18.4 Å². The maximum absolute atomic E-state index is 12.2. The van der Waals surface area contributed by atoms with Crippen LogP contribution in [0.3, 0.4) is 0 Å². The van der Waals surface area contributed by atoms with E-state index in [1.165, 1.54) is 0 Å². The Hall–Kier alpha value is -2.04. The molecular formula is C16H22N2O3. The highest BCUT2D eigenvalue weighted by atomic mass is 16.4. The Morgan fingerprint density at radius 2 is 1.95 bits per heavy atom. The zero-order valence-electron chi connectivity index (χ0n) is 12.1. The van der Waals surface area contributed by atoms with Gasteiger partial charge in [-0.05, 0) is 30.5 Å². The molecule has 5 heteroatoms. The summed E-state index contributed by atoms with van der Waals surface area (Å²) >= 11 is 0. The molecule has 1 saturated carbocycles. The summed E-state index contributed by atoms with van der Waals surface area (Å²) in [6.07, 6.45) is 4.73. The molecule has 1 aliphatic carbocycles. The predicted molar refractivity (Wildman–Crippen MR) is 80.8 cm³/mol. The van der Waals surface area contributed by atoms with Crippen molar-refractivity contribution in [3.8, 4) is 0 Å². The number of carbonyl (C=O) groups excluding carboxylic acids is 1. The summed E-state index contributed by atoms with van der Waals surface area (Å²) in [5.41, 5.74) is 6.58. The van der Waals surface area contributed by atoms with Crippen molar-refractivity contribution < 1.29 is 14.7 Å². The highest BCUT2D eigenvalue weighted by molar-refractivity contribution is 5.80. The molecule has 0 spiro atoms. The Morgan fingerprint density at radius 1 is 1.24 bits per heavy atom. The van der Waals surface area contributed by atoms with Crippen LogP contribution in [0.1, 0.15) is 44.1 Å². The van der Waals surface area contributed by atoms with Gasteiger partial charge in [0.2, 0.25) is 5.91 Å². The lowest BCUT2D eigenvalue weighted by atomic mass is 9.79. The first kappa shape index (κ1) is 15.4. The van der Waals surface area contributed by atoms with Crippen molar-refractivity contribution in [1.82, 2.24) is 5.32 Å². The number of benzene rings is 1. The van der Waals surface area contributed by atoms with Gasteiger partial charge in [0.25, 0.3) is 0 Å². The van der Waals surface area contributed by atoms with Crippen LogP contribution in [-0.4, -0.2) is 22.5 Å². The lowest BCUT2D eigenvalue weighted by molar-refractivity contribution is -0.139. The normalized spacial score (nSPS) is 17.1. The van der Waals surface area contributed by atoms with Crippen molar-refractivity contribution in [1.29, 1.82) is 0 Å². The van der Waals surface area contributed by atoms with Crippen LogP contribution in [0.25, 0.3) is 0 Å². The Balaban J connectivity index is 2.02. The van der Waals surface area contributed by atoms with E-state index in [4.69, 9.17) is 10.8 Å². The number of rotatable bonds is 5. The van der Waals surface area contributed by atoms with Crippen molar-refractivity contribution in [2.75, 3.05) is 5.73 Å². The van der Waals surface area contributed by atoms with Gasteiger partial charge in [-0.25, -0.2) is 0 Å². The molecule has 1 fully saturated rings. The van der Waals surface area contributed by atoms with Gasteiger partial charge >= 0.3 is 5.97 Å². The quantitative estimate of drug-likeness (QED) is 0.724. The zero-order valence-corrected chi connectivity index (χ0v) is 12.1. The van der Waals surface area contributed by atoms with Gasteiger partial charge in [0.1, 0.15) is 0 Å². The van der Waals surface area contributed by atoms with Crippen molar-refractivity contribution in [3.63, 3.8) is 0 Å². The summed E-state index contributed by atoms with van der Waals surface area (Å²) in [6.45, 7) is 0. The molecular weight excluding hydrogens is 268 g/mol. The van der Waals surface area contributed by atoms with Crippen molar-refractivity contribution in [2.45, 2.75) is 50.5 Å². The Morgan fingerprint density at radius 3 is 2.57 bits per heavy atom. The zero-order chi connectivity index (χ0) is 15.3. The summed E-state index contributed by atoms with van der Waals surface area (Å²) in [5.74, 6) is -0.995. The number of nitrogens with two attached hydrogens (primary N) is 1. The molecule has 4 N–H and O–H groups in total. The van der Waals surface area contributed by atoms with Crippen LogP contribution in [0.15, 0.2) is 24.3 Å². The predicted octanol–water partition coefficient (Wildman–Crippen LogP) is 2.11. The summed E-state index contributed by atoms with van der Waals surface area (Å²) < 4.78 is 0. The van der Waals surface area contributed by atoms with Crippen LogP contribution in [0.4, 0.5) is 5.69 Å². The van der Waals surface area contributed by atoms with E-state index in [1.54, 1.807) is 12.1 Å². The summed E-state index contributed by atoms with van der Waals surface area (Å²) in [6, 6.07) is 7.20. The fraction of sp³-hybridized carbons (Fsp3) is 0.500. The third-order valence-electron chi connectivity index (χ3n) is 4.02. The molecule has 5 nitrogen and oxygen atoms in total. The van der Waals surface area contributed by atoms with E-state index in [2.05, 4.69) is 5.32 Å². The van der Waals surface area contributed by atoms with E-state index in [-0.39, 0.29) is 18.7 Å². The molecule has 1 aromatic rings. The van der Waals surface area contributed by atoms with E-state index >= 15 is 0 Å². The molecule has 1 aliphatic rings. The summed E-state index contributed by atoms with van der Waals surface area (Å²) in [5, 5.41) is 12.1. The van der Waals surface area contributed by atoms with Crippen LogP contribution in [-0.2, 0) is 16.0 Å². The highest BCUT2D eigenvalue weighted by Gasteiger charge is 2.35. The average Bonchev–Trinajstić information content (AvgIpc) is 2.38. The van der Waals surface area contributed by atoms with Crippen LogP contribution < -0.4 is 11.1 Å². The number of nitrogens with one attached hydrogen (secondary N) is 1. The topological polar surface area (TPSA) is 92.4 Å². The number of carboxylic acid groups (broad SMARTS) is 1. The van der Waals surface area contributed by atoms with E-state index in [0.29, 0.717) is 5.69 Å². The van der Waals surface area contributed by atoms with Crippen LogP contribution >= 0.6 is 0 Å². The molecule has 0 saturated heterocycles. The second kappa shape index (κ2) is 6.61. The van der Waals surface area contributed by atoms with Crippen LogP contribution in [0, 0.1) is 0 Å². The first-order chi connectivity index (χ1) is 9.99. The first-order valence-corrected chi connectivity index (χ1v) is 7.36. The largest absolute Gasteiger partial charge is 0.481 e. The number of aliphatic carboxylic acids is 1. The minimum atomic E-state index is -0.860. The summed E-state index contributed by atoms with van der Waals surface area (Å²) in [4.78, 5) is 23.3. The molecule has 0 aliphatic heterocycles. The van der Waals surface area contributed by atoms with E-state index < -0.39 is 11.5 Å². The van der Waals surface area contributed by atoms with Gasteiger partial charge < -0.3 is 16.2 Å². The van der Waals surface area contributed by atoms with Gasteiger partial charge in [0, 0.05) is 5.69 Å². The Kier molecular flexibility index (Phi) is 4.83. The number of nitrogen functional groups attached to an aromatic ring is 1. The van der Waals surface area contributed by atoms with E-state index in [9.17, 15) is 9.59 Å². The number of amides is 1. The number of hydrogen-bond acceptors (Lipinski definition) is 3. The van der Waals surface area contributed by atoms with Gasteiger partial charge in [-0.2, -0.15) is 0 Å². The standard InChI is InChI=1S/C16H22N2O3/c17-13-6-4-5-12(9-13)10-14(19)18-16(11-15(20)21)7-2-1-3-8-16/h4-6,9H,1-3,7-8,10-11,17H2,(H,18,19)(H,20,21). The molecule has 0 atom stereocenters. The molecule has 114 valence electrons. The second-order valence-corrected chi connectivity index (χ2v) is 5.88. The number of hydrogen-bond donors (Lipinski definition) is 3. The SMILES string of the molecule is Nc1cccc(CC(=O)NC2(CC(=O)O)CCCCC2)c1. The van der Waals surface area contributed by atoms with E-state index in [0.717, 1.165) is 37.7 Å². The molecule has 0 radical (unpaired) electrons. The maximum atomic E-state index is 12.2. The molecule has 0 heterocycles. The first-order valence-electron chi connectivity index (χ1n) is 7.36. The molecule has 1 amide bonds. The molecule has 1 aromatic carbocycles. The van der Waals surface area contributed by atoms with Crippen molar-refractivity contribution in [3.05, 3.63) is 29.8 Å². The van der Waals surface area contributed by atoms with Gasteiger partial charge in [-0.1, -0.05) is 31.4 Å². The number of carbonyl (C=O) groups is 2. The molecule has 2 rings (SSSR count). The van der Waals surface area contributed by atoms with Gasteiger partial charge in [0.15, 0.2) is 0 Å². The lowest BCUT2D eigenvalue weighted by Gasteiger charge is -2.37. The van der Waals surface area contributed by atoms with Crippen molar-refractivity contribution in [2.24, 2.45) is 0 Å². The molecule has 21 heavy (non-hydrogen) atoms. The Bertz CT molecular complexity index is 522. The molecule has 0 unspecified atom stereocenters. The molecule has 0 aromatic heterocycles. The smallest absolute Gasteiger partial charge is 0.305 e. The van der Waals surface area contributed by atoms with Crippen LogP contribution in [0.5, 0.6) is 0 Å². The van der Waals surface area contributed by atoms with E-state index in [1.807, 2.05) is 12.1 Å². The number of carboxylic acids is 1. The van der Waals surface area contributed by atoms with Gasteiger partial charge in [-0.3, -0.25) is 9.59 Å². The minimum Gasteiger partial charge on any atom is -0.481 e. The second-order valence-electron chi connectivity index (χ2n) is 5.88.